The second-order valence-corrected chi connectivity index (χ2v) is 10.5. The number of ketones is 1. The molecule has 0 aliphatic rings. The number of hydrogen-bond acceptors (Lipinski definition) is 7. The Morgan fingerprint density at radius 3 is 2.20 bits per heavy atom. The fourth-order valence-electron chi connectivity index (χ4n) is 3.58. The zero-order valence-corrected chi connectivity index (χ0v) is 21.1. The van der Waals surface area contributed by atoms with Gasteiger partial charge in [-0.3, -0.25) is 4.79 Å². The first kappa shape index (κ1) is 24.8. The van der Waals surface area contributed by atoms with Crippen LogP contribution in [-0.4, -0.2) is 47.5 Å². The van der Waals surface area contributed by atoms with Crippen molar-refractivity contribution in [2.24, 2.45) is 0 Å². The molecular weight excluding hydrogens is 482 g/mol. The molecule has 0 saturated carbocycles. The molecule has 0 amide bonds. The topological polar surface area (TPSA) is 93.4 Å². The summed E-state index contributed by atoms with van der Waals surface area (Å²) in [6.45, 7) is 4.36. The molecule has 1 heterocycles. The minimum atomic E-state index is -3.60. The zero-order chi connectivity index (χ0) is 24.8. The first-order valence-corrected chi connectivity index (χ1v) is 13.6. The van der Waals surface area contributed by atoms with Crippen LogP contribution in [0.5, 0.6) is 0 Å². The van der Waals surface area contributed by atoms with E-state index in [0.717, 1.165) is 22.9 Å². The van der Waals surface area contributed by atoms with E-state index in [9.17, 15) is 13.2 Å². The van der Waals surface area contributed by atoms with Crippen LogP contribution in [0, 0.1) is 0 Å². The van der Waals surface area contributed by atoms with E-state index >= 15 is 0 Å². The van der Waals surface area contributed by atoms with E-state index in [-0.39, 0.29) is 27.5 Å². The van der Waals surface area contributed by atoms with Crippen LogP contribution in [0.2, 0.25) is 0 Å². The van der Waals surface area contributed by atoms with Crippen LogP contribution in [0.1, 0.15) is 24.2 Å². The molecule has 0 saturated heterocycles. The van der Waals surface area contributed by atoms with Crippen LogP contribution in [0.15, 0.2) is 93.4 Å². The molecular formula is C26H25N3O4S2. The van der Waals surface area contributed by atoms with Crippen molar-refractivity contribution in [3.05, 3.63) is 84.4 Å². The van der Waals surface area contributed by atoms with E-state index in [0.29, 0.717) is 24.2 Å². The predicted octanol–water partition coefficient (Wildman–Crippen LogP) is 5.41. The smallest absolute Gasteiger partial charge is 0.277 e. The number of thioether (sulfide) groups is 1. The van der Waals surface area contributed by atoms with Gasteiger partial charge in [-0.25, -0.2) is 8.42 Å². The van der Waals surface area contributed by atoms with Gasteiger partial charge in [0.2, 0.25) is 15.9 Å². The van der Waals surface area contributed by atoms with Crippen molar-refractivity contribution in [1.29, 1.82) is 0 Å². The fourth-order valence-corrected chi connectivity index (χ4v) is 5.74. The second kappa shape index (κ2) is 11.0. The minimum Gasteiger partial charge on any atom is -0.411 e. The van der Waals surface area contributed by atoms with Gasteiger partial charge >= 0.3 is 0 Å². The summed E-state index contributed by atoms with van der Waals surface area (Å²) in [4.78, 5) is 12.8. The Bertz CT molecular complexity index is 1400. The number of nitrogens with zero attached hydrogens (tertiary/aromatic N) is 3. The molecule has 0 spiro atoms. The van der Waals surface area contributed by atoms with Gasteiger partial charge in [-0.2, -0.15) is 4.31 Å². The SMILES string of the molecule is CCN(CC)S(=O)(=O)c1cccc(-c2nnc(SCC(=O)c3ccc(-c4ccccc4)cc3)o2)c1. The van der Waals surface area contributed by atoms with Crippen LogP contribution in [0.25, 0.3) is 22.6 Å². The standard InChI is InChI=1S/C26H25N3O4S2/c1-3-29(4-2)35(31,32)23-12-8-11-22(17-23)25-27-28-26(33-25)34-18-24(30)21-15-13-20(14-16-21)19-9-6-5-7-10-19/h5-17H,3-4,18H2,1-2H3. The second-order valence-electron chi connectivity index (χ2n) is 7.65. The Morgan fingerprint density at radius 1 is 0.857 bits per heavy atom. The van der Waals surface area contributed by atoms with Gasteiger partial charge in [-0.05, 0) is 29.3 Å². The van der Waals surface area contributed by atoms with E-state index < -0.39 is 10.0 Å². The number of rotatable bonds is 10. The molecule has 180 valence electrons. The Hall–Kier alpha value is -3.27. The van der Waals surface area contributed by atoms with E-state index in [1.165, 1.54) is 10.4 Å². The quantitative estimate of drug-likeness (QED) is 0.209. The molecule has 4 aromatic rings. The molecule has 0 N–H and O–H groups in total. The summed E-state index contributed by atoms with van der Waals surface area (Å²) in [6, 6.07) is 23.9. The highest BCUT2D eigenvalue weighted by atomic mass is 32.2. The summed E-state index contributed by atoms with van der Waals surface area (Å²) >= 11 is 1.15. The summed E-state index contributed by atoms with van der Waals surface area (Å²) in [7, 11) is -3.60. The molecule has 4 rings (SSSR count). The van der Waals surface area contributed by atoms with Gasteiger partial charge in [0.1, 0.15) is 0 Å². The average molecular weight is 508 g/mol. The van der Waals surface area contributed by atoms with Gasteiger partial charge in [0, 0.05) is 24.2 Å². The first-order chi connectivity index (χ1) is 16.9. The number of hydrogen-bond donors (Lipinski definition) is 0. The van der Waals surface area contributed by atoms with Gasteiger partial charge in [0.25, 0.3) is 5.22 Å². The summed E-state index contributed by atoms with van der Waals surface area (Å²) in [6.07, 6.45) is 0. The van der Waals surface area contributed by atoms with Gasteiger partial charge in [0.15, 0.2) is 5.78 Å². The molecule has 0 atom stereocenters. The summed E-state index contributed by atoms with van der Waals surface area (Å²) in [5, 5.41) is 8.28. The Labute approximate surface area is 209 Å². The highest BCUT2D eigenvalue weighted by molar-refractivity contribution is 7.99. The van der Waals surface area contributed by atoms with Crippen molar-refractivity contribution in [2.45, 2.75) is 24.0 Å². The van der Waals surface area contributed by atoms with Gasteiger partial charge in [-0.1, -0.05) is 86.3 Å². The molecule has 0 fully saturated rings. The average Bonchev–Trinajstić information content (AvgIpc) is 3.38. The fraction of sp³-hybridized carbons (Fsp3) is 0.192. The Kier molecular flexibility index (Phi) is 7.80. The maximum atomic E-state index is 12.8. The zero-order valence-electron chi connectivity index (χ0n) is 19.4. The van der Waals surface area contributed by atoms with Crippen LogP contribution in [0.4, 0.5) is 0 Å². The lowest BCUT2D eigenvalue weighted by molar-refractivity contribution is 0.102. The lowest BCUT2D eigenvalue weighted by Crippen LogP contribution is -2.30. The van der Waals surface area contributed by atoms with Crippen molar-refractivity contribution in [2.75, 3.05) is 18.8 Å². The van der Waals surface area contributed by atoms with E-state index in [1.54, 1.807) is 32.0 Å². The molecule has 0 unspecified atom stereocenters. The summed E-state index contributed by atoms with van der Waals surface area (Å²) < 4.78 is 32.7. The van der Waals surface area contributed by atoms with Crippen LogP contribution < -0.4 is 0 Å². The van der Waals surface area contributed by atoms with Crippen molar-refractivity contribution in [3.63, 3.8) is 0 Å². The molecule has 0 bridgehead atoms. The molecule has 9 heteroatoms. The van der Waals surface area contributed by atoms with Crippen LogP contribution >= 0.6 is 11.8 Å². The Morgan fingerprint density at radius 2 is 1.51 bits per heavy atom. The lowest BCUT2D eigenvalue weighted by Gasteiger charge is -2.18. The number of carbonyl (C=O) groups is 1. The number of aromatic nitrogens is 2. The third-order valence-corrected chi connectivity index (χ3v) is 8.34. The summed E-state index contributed by atoms with van der Waals surface area (Å²) in [5.74, 6) is 0.285. The van der Waals surface area contributed by atoms with Gasteiger partial charge in [-0.15, -0.1) is 10.2 Å². The Balaban J connectivity index is 1.42. The molecule has 35 heavy (non-hydrogen) atoms. The molecule has 0 aliphatic heterocycles. The maximum Gasteiger partial charge on any atom is 0.277 e. The number of benzene rings is 3. The highest BCUT2D eigenvalue weighted by Gasteiger charge is 2.22. The number of Topliss-reactive ketones (excluding diaryl/α,β-unsaturated/α-hetero) is 1. The highest BCUT2D eigenvalue weighted by Crippen LogP contribution is 2.27. The van der Waals surface area contributed by atoms with Crippen molar-refractivity contribution in [1.82, 2.24) is 14.5 Å². The molecule has 3 aromatic carbocycles. The van der Waals surface area contributed by atoms with Crippen molar-refractivity contribution >= 4 is 27.6 Å². The van der Waals surface area contributed by atoms with Crippen molar-refractivity contribution < 1.29 is 17.6 Å². The van der Waals surface area contributed by atoms with E-state index in [2.05, 4.69) is 10.2 Å². The molecule has 0 radical (unpaired) electrons. The first-order valence-electron chi connectivity index (χ1n) is 11.2. The minimum absolute atomic E-state index is 0.0540. The molecule has 1 aromatic heterocycles. The largest absolute Gasteiger partial charge is 0.411 e. The third-order valence-electron chi connectivity index (χ3n) is 5.47. The monoisotopic (exact) mass is 507 g/mol. The molecule has 0 aliphatic carbocycles. The van der Waals surface area contributed by atoms with Crippen molar-refractivity contribution in [3.8, 4) is 22.6 Å². The number of carbonyl (C=O) groups excluding carboxylic acids is 1. The normalized spacial score (nSPS) is 11.6. The van der Waals surface area contributed by atoms with Gasteiger partial charge in [0.05, 0.1) is 10.6 Å². The van der Waals surface area contributed by atoms with E-state index in [1.807, 2.05) is 54.6 Å². The molecule has 7 nitrogen and oxygen atoms in total. The predicted molar refractivity (Wildman–Crippen MR) is 137 cm³/mol. The van der Waals surface area contributed by atoms with Gasteiger partial charge < -0.3 is 4.42 Å². The maximum absolute atomic E-state index is 12.8. The van der Waals surface area contributed by atoms with Crippen LogP contribution in [-0.2, 0) is 10.0 Å². The van der Waals surface area contributed by atoms with Crippen LogP contribution in [0.3, 0.4) is 0 Å². The number of sulfonamides is 1. The van der Waals surface area contributed by atoms with E-state index in [4.69, 9.17) is 4.42 Å². The third kappa shape index (κ3) is 5.70. The lowest BCUT2D eigenvalue weighted by atomic mass is 10.0. The summed E-state index contributed by atoms with van der Waals surface area (Å²) in [5.41, 5.74) is 3.24.